The summed E-state index contributed by atoms with van der Waals surface area (Å²) in [6, 6.07) is 6.45. The van der Waals surface area contributed by atoms with E-state index < -0.39 is 0 Å². The predicted molar refractivity (Wildman–Crippen MR) is 85.3 cm³/mol. The van der Waals surface area contributed by atoms with E-state index in [1.807, 2.05) is 4.90 Å². The lowest BCUT2D eigenvalue weighted by atomic mass is 9.90. The molecule has 0 radical (unpaired) electrons. The summed E-state index contributed by atoms with van der Waals surface area (Å²) in [5.41, 5.74) is 0.00763. The molecule has 0 aromatic heterocycles. The van der Waals surface area contributed by atoms with Crippen LogP contribution in [0.5, 0.6) is 5.75 Å². The van der Waals surface area contributed by atoms with Gasteiger partial charge < -0.3 is 9.64 Å². The van der Waals surface area contributed by atoms with Crippen molar-refractivity contribution >= 4 is 5.91 Å². The molecular weight excluding hydrogens is 281 g/mol. The Morgan fingerprint density at radius 3 is 2.77 bits per heavy atom. The normalized spacial score (nSPS) is 19.1. The Kier molecular flexibility index (Phi) is 5.43. The molecule has 0 spiro atoms. The van der Waals surface area contributed by atoms with Crippen LogP contribution in [0.25, 0.3) is 0 Å². The van der Waals surface area contributed by atoms with Gasteiger partial charge in [0, 0.05) is 25.4 Å². The van der Waals surface area contributed by atoms with Gasteiger partial charge in [0.15, 0.2) is 11.6 Å². The highest BCUT2D eigenvalue weighted by Crippen LogP contribution is 2.24. The lowest BCUT2D eigenvalue weighted by molar-refractivity contribution is -0.135. The van der Waals surface area contributed by atoms with Gasteiger partial charge in [-0.25, -0.2) is 4.39 Å². The van der Waals surface area contributed by atoms with Gasteiger partial charge >= 0.3 is 0 Å². The lowest BCUT2D eigenvalue weighted by Crippen LogP contribution is -2.42. The molecule has 1 aromatic carbocycles. The number of benzene rings is 1. The van der Waals surface area contributed by atoms with Crippen molar-refractivity contribution in [1.29, 1.82) is 0 Å². The second kappa shape index (κ2) is 7.12. The van der Waals surface area contributed by atoms with Gasteiger partial charge in [-0.05, 0) is 30.4 Å². The van der Waals surface area contributed by atoms with E-state index in [1.165, 1.54) is 6.07 Å². The van der Waals surface area contributed by atoms with Crippen LogP contribution in [0.1, 0.15) is 40.0 Å². The zero-order chi connectivity index (χ0) is 16.2. The third kappa shape index (κ3) is 5.00. The van der Waals surface area contributed by atoms with Crippen molar-refractivity contribution in [3.05, 3.63) is 30.1 Å². The zero-order valence-electron chi connectivity index (χ0n) is 13.8. The number of nitrogens with zero attached hydrogens (tertiary/aromatic N) is 1. The first kappa shape index (κ1) is 16.8. The minimum absolute atomic E-state index is 0.00763. The topological polar surface area (TPSA) is 29.5 Å². The third-order valence-electron chi connectivity index (χ3n) is 3.86. The fourth-order valence-corrected chi connectivity index (χ4v) is 2.76. The molecule has 0 bridgehead atoms. The van der Waals surface area contributed by atoms with E-state index in [4.69, 9.17) is 4.74 Å². The maximum absolute atomic E-state index is 13.5. The van der Waals surface area contributed by atoms with Crippen molar-refractivity contribution in [1.82, 2.24) is 4.90 Å². The van der Waals surface area contributed by atoms with Crippen LogP contribution >= 0.6 is 0 Å². The van der Waals surface area contributed by atoms with E-state index in [0.717, 1.165) is 19.4 Å². The van der Waals surface area contributed by atoms with Crippen LogP contribution in [0, 0.1) is 17.2 Å². The summed E-state index contributed by atoms with van der Waals surface area (Å²) < 4.78 is 19.1. The second-order valence-corrected chi connectivity index (χ2v) is 7.33. The molecule has 122 valence electrons. The van der Waals surface area contributed by atoms with Crippen LogP contribution in [0.3, 0.4) is 0 Å². The Labute approximate surface area is 132 Å². The molecule has 22 heavy (non-hydrogen) atoms. The summed E-state index contributed by atoms with van der Waals surface area (Å²) in [5.74, 6) is 0.444. The molecule has 1 aliphatic rings. The van der Waals surface area contributed by atoms with E-state index in [1.54, 1.807) is 18.2 Å². The van der Waals surface area contributed by atoms with Crippen LogP contribution in [-0.2, 0) is 4.79 Å². The van der Waals surface area contributed by atoms with Gasteiger partial charge in [0.2, 0.25) is 5.91 Å². The van der Waals surface area contributed by atoms with Gasteiger partial charge in [-0.3, -0.25) is 4.79 Å². The molecule has 1 amide bonds. The number of piperidine rings is 1. The van der Waals surface area contributed by atoms with E-state index in [9.17, 15) is 9.18 Å². The molecule has 1 unspecified atom stereocenters. The van der Waals surface area contributed by atoms with Gasteiger partial charge in [-0.1, -0.05) is 32.9 Å². The molecule has 0 saturated carbocycles. The Bertz CT molecular complexity index is 510. The van der Waals surface area contributed by atoms with Crippen LogP contribution in [0.15, 0.2) is 24.3 Å². The number of hydrogen-bond acceptors (Lipinski definition) is 2. The number of likely N-dealkylation sites (tertiary alicyclic amines) is 1. The predicted octanol–water partition coefficient (Wildman–Crippen LogP) is 3.88. The number of para-hydroxylation sites is 1. The molecule has 0 N–H and O–H groups in total. The maximum atomic E-state index is 13.5. The van der Waals surface area contributed by atoms with Gasteiger partial charge in [-0.2, -0.15) is 0 Å². The Morgan fingerprint density at radius 1 is 1.36 bits per heavy atom. The van der Waals surface area contributed by atoms with Crippen molar-refractivity contribution in [3.8, 4) is 5.75 Å². The van der Waals surface area contributed by atoms with Gasteiger partial charge in [0.25, 0.3) is 0 Å². The number of ether oxygens (including phenoxy) is 1. The molecule has 2 rings (SSSR count). The average molecular weight is 307 g/mol. The highest BCUT2D eigenvalue weighted by molar-refractivity contribution is 5.76. The third-order valence-corrected chi connectivity index (χ3v) is 3.86. The summed E-state index contributed by atoms with van der Waals surface area (Å²) in [5, 5.41) is 0. The number of hydrogen-bond donors (Lipinski definition) is 0. The summed E-state index contributed by atoms with van der Waals surface area (Å²) >= 11 is 0. The number of carbonyl (C=O) groups is 1. The van der Waals surface area contributed by atoms with Crippen LogP contribution in [0.2, 0.25) is 0 Å². The van der Waals surface area contributed by atoms with Gasteiger partial charge in [0.1, 0.15) is 0 Å². The molecule has 1 saturated heterocycles. The summed E-state index contributed by atoms with van der Waals surface area (Å²) in [4.78, 5) is 14.2. The van der Waals surface area contributed by atoms with Crippen molar-refractivity contribution in [2.24, 2.45) is 11.3 Å². The molecular formula is C18H26FNO2. The van der Waals surface area contributed by atoms with Crippen LogP contribution in [0.4, 0.5) is 4.39 Å². The molecule has 1 aromatic rings. The quantitative estimate of drug-likeness (QED) is 0.845. The van der Waals surface area contributed by atoms with E-state index in [2.05, 4.69) is 20.8 Å². The van der Waals surface area contributed by atoms with Crippen LogP contribution in [-0.4, -0.2) is 30.5 Å². The fraction of sp³-hybridized carbons (Fsp3) is 0.611. The minimum atomic E-state index is -0.334. The lowest BCUT2D eigenvalue weighted by Gasteiger charge is -2.34. The van der Waals surface area contributed by atoms with Gasteiger partial charge in [0.05, 0.1) is 6.61 Å². The zero-order valence-corrected chi connectivity index (χ0v) is 13.8. The Morgan fingerprint density at radius 2 is 2.09 bits per heavy atom. The molecule has 0 aliphatic carbocycles. The highest BCUT2D eigenvalue weighted by Gasteiger charge is 2.27. The Hall–Kier alpha value is -1.58. The molecule has 4 heteroatoms. The van der Waals surface area contributed by atoms with Crippen molar-refractivity contribution < 1.29 is 13.9 Å². The molecule has 1 aliphatic heterocycles. The highest BCUT2D eigenvalue weighted by atomic mass is 19.1. The van der Waals surface area contributed by atoms with Crippen molar-refractivity contribution in [2.45, 2.75) is 40.0 Å². The first-order valence-corrected chi connectivity index (χ1v) is 8.00. The molecule has 1 atom stereocenters. The molecule has 1 heterocycles. The number of halogens is 1. The molecule has 3 nitrogen and oxygen atoms in total. The SMILES string of the molecule is CC(C)(C)CC(=O)N1CCCC(COc2ccccc2F)C1. The molecule has 1 fully saturated rings. The first-order valence-electron chi connectivity index (χ1n) is 8.00. The van der Waals surface area contributed by atoms with E-state index in [0.29, 0.717) is 25.3 Å². The standard InChI is InChI=1S/C18H26FNO2/c1-18(2,3)11-17(21)20-10-6-7-14(12-20)13-22-16-9-5-4-8-15(16)19/h4-5,8-9,14H,6-7,10-13H2,1-3H3. The number of amides is 1. The van der Waals surface area contributed by atoms with Gasteiger partial charge in [-0.15, -0.1) is 0 Å². The fourth-order valence-electron chi connectivity index (χ4n) is 2.76. The number of carbonyl (C=O) groups excluding carboxylic acids is 1. The maximum Gasteiger partial charge on any atom is 0.223 e. The minimum Gasteiger partial charge on any atom is -0.490 e. The number of rotatable bonds is 4. The van der Waals surface area contributed by atoms with Crippen molar-refractivity contribution in [3.63, 3.8) is 0 Å². The summed E-state index contributed by atoms with van der Waals surface area (Å²) in [6.07, 6.45) is 2.57. The van der Waals surface area contributed by atoms with E-state index in [-0.39, 0.29) is 23.1 Å². The van der Waals surface area contributed by atoms with E-state index >= 15 is 0 Å². The second-order valence-electron chi connectivity index (χ2n) is 7.33. The Balaban J connectivity index is 1.86. The monoisotopic (exact) mass is 307 g/mol. The average Bonchev–Trinajstić information content (AvgIpc) is 2.45. The van der Waals surface area contributed by atoms with Crippen LogP contribution < -0.4 is 4.74 Å². The van der Waals surface area contributed by atoms with Crippen molar-refractivity contribution in [2.75, 3.05) is 19.7 Å². The summed E-state index contributed by atoms with van der Waals surface area (Å²) in [7, 11) is 0. The smallest absolute Gasteiger partial charge is 0.223 e. The largest absolute Gasteiger partial charge is 0.490 e. The summed E-state index contributed by atoms with van der Waals surface area (Å²) in [6.45, 7) is 8.23. The first-order chi connectivity index (χ1) is 10.3.